The number of hydrogen-bond acceptors (Lipinski definition) is 3. The van der Waals surface area contributed by atoms with Gasteiger partial charge in [-0.05, 0) is 49.8 Å². The Balaban J connectivity index is 1.34. The Bertz CT molecular complexity index is 420. The molecule has 1 saturated heterocycles. The fourth-order valence-corrected chi connectivity index (χ4v) is 3.12. The minimum Gasteiger partial charge on any atom is -0.399 e. The van der Waals surface area contributed by atoms with Crippen molar-refractivity contribution in [2.24, 2.45) is 5.92 Å². The molecule has 1 aromatic carbocycles. The van der Waals surface area contributed by atoms with Crippen LogP contribution in [0, 0.1) is 5.92 Å². The molecule has 2 fully saturated rings. The average molecular weight is 273 g/mol. The Kier molecular flexibility index (Phi) is 4.58. The average Bonchev–Trinajstić information content (AvgIpc) is 3.27. The molecule has 1 aromatic rings. The number of para-hydroxylation sites is 1. The van der Waals surface area contributed by atoms with Crippen LogP contribution < -0.4 is 5.73 Å². The van der Waals surface area contributed by atoms with Gasteiger partial charge in [0.2, 0.25) is 0 Å². The zero-order valence-electron chi connectivity index (χ0n) is 12.4. The molecule has 0 amide bonds. The lowest BCUT2D eigenvalue weighted by molar-refractivity contribution is 0.127. The summed E-state index contributed by atoms with van der Waals surface area (Å²) in [6, 6.07) is 8.26. The monoisotopic (exact) mass is 273 g/mol. The van der Waals surface area contributed by atoms with E-state index in [0.717, 1.165) is 18.0 Å². The van der Waals surface area contributed by atoms with E-state index in [1.807, 2.05) is 12.1 Å². The Hall–Kier alpha value is -1.06. The number of rotatable bonds is 6. The molecular formula is C17H27N3. The number of aryl methyl sites for hydroxylation is 1. The lowest BCUT2D eigenvalue weighted by Gasteiger charge is -2.34. The maximum absolute atomic E-state index is 5.99. The predicted molar refractivity (Wildman–Crippen MR) is 84.8 cm³/mol. The molecule has 0 aromatic heterocycles. The van der Waals surface area contributed by atoms with Crippen LogP contribution in [0.5, 0.6) is 0 Å². The third-order valence-electron chi connectivity index (χ3n) is 4.65. The summed E-state index contributed by atoms with van der Waals surface area (Å²) < 4.78 is 0. The van der Waals surface area contributed by atoms with E-state index in [9.17, 15) is 0 Å². The van der Waals surface area contributed by atoms with Crippen molar-refractivity contribution in [3.8, 4) is 0 Å². The number of anilines is 1. The quantitative estimate of drug-likeness (QED) is 0.807. The van der Waals surface area contributed by atoms with E-state index in [0.29, 0.717) is 0 Å². The van der Waals surface area contributed by atoms with Crippen molar-refractivity contribution in [1.29, 1.82) is 0 Å². The van der Waals surface area contributed by atoms with Gasteiger partial charge in [0.25, 0.3) is 0 Å². The molecule has 0 spiro atoms. The van der Waals surface area contributed by atoms with Crippen molar-refractivity contribution in [3.05, 3.63) is 29.8 Å². The van der Waals surface area contributed by atoms with Crippen LogP contribution in [-0.2, 0) is 6.42 Å². The van der Waals surface area contributed by atoms with Crippen molar-refractivity contribution in [3.63, 3.8) is 0 Å². The highest BCUT2D eigenvalue weighted by molar-refractivity contribution is 5.46. The number of piperazine rings is 1. The Morgan fingerprint density at radius 2 is 1.70 bits per heavy atom. The van der Waals surface area contributed by atoms with E-state index < -0.39 is 0 Å². The molecule has 3 nitrogen and oxygen atoms in total. The van der Waals surface area contributed by atoms with Crippen LogP contribution in [0.15, 0.2) is 24.3 Å². The number of benzene rings is 1. The van der Waals surface area contributed by atoms with Crippen LogP contribution in [0.1, 0.15) is 24.8 Å². The minimum absolute atomic E-state index is 0.946. The molecule has 0 atom stereocenters. The summed E-state index contributed by atoms with van der Waals surface area (Å²) in [6.07, 6.45) is 5.27. The molecule has 1 heterocycles. The molecule has 3 rings (SSSR count). The van der Waals surface area contributed by atoms with E-state index in [1.54, 1.807) is 0 Å². The molecule has 0 bridgehead atoms. The molecule has 1 aliphatic heterocycles. The van der Waals surface area contributed by atoms with Crippen LogP contribution >= 0.6 is 0 Å². The van der Waals surface area contributed by atoms with Crippen molar-refractivity contribution < 1.29 is 0 Å². The number of nitrogens with zero attached hydrogens (tertiary/aromatic N) is 2. The van der Waals surface area contributed by atoms with Crippen molar-refractivity contribution >= 4 is 5.69 Å². The first kappa shape index (κ1) is 13.9. The highest BCUT2D eigenvalue weighted by Crippen LogP contribution is 2.29. The second kappa shape index (κ2) is 6.59. The van der Waals surface area contributed by atoms with Gasteiger partial charge < -0.3 is 15.5 Å². The number of nitrogens with two attached hydrogens (primary N) is 1. The molecular weight excluding hydrogens is 246 g/mol. The third-order valence-corrected chi connectivity index (χ3v) is 4.65. The smallest absolute Gasteiger partial charge is 0.0346 e. The van der Waals surface area contributed by atoms with Gasteiger partial charge in [-0.3, -0.25) is 0 Å². The second-order valence-corrected chi connectivity index (χ2v) is 6.39. The summed E-state index contributed by atoms with van der Waals surface area (Å²) >= 11 is 0. The summed E-state index contributed by atoms with van der Waals surface area (Å²) in [5.74, 6) is 1.03. The Labute approximate surface area is 122 Å². The molecule has 2 N–H and O–H groups in total. The van der Waals surface area contributed by atoms with Crippen LogP contribution in [0.3, 0.4) is 0 Å². The minimum atomic E-state index is 0.946. The highest BCUT2D eigenvalue weighted by atomic mass is 15.3. The summed E-state index contributed by atoms with van der Waals surface area (Å²) in [6.45, 7) is 7.60. The van der Waals surface area contributed by atoms with Crippen molar-refractivity contribution in [1.82, 2.24) is 9.80 Å². The summed E-state index contributed by atoms with van der Waals surface area (Å²) in [5, 5.41) is 0. The van der Waals surface area contributed by atoms with E-state index in [-0.39, 0.29) is 0 Å². The molecule has 3 heteroatoms. The van der Waals surface area contributed by atoms with Crippen molar-refractivity contribution in [2.75, 3.05) is 45.0 Å². The molecule has 0 radical (unpaired) electrons. The van der Waals surface area contributed by atoms with Crippen LogP contribution in [-0.4, -0.2) is 49.1 Å². The molecule has 1 aliphatic carbocycles. The van der Waals surface area contributed by atoms with E-state index in [4.69, 9.17) is 5.73 Å². The molecule has 20 heavy (non-hydrogen) atoms. The first-order valence-corrected chi connectivity index (χ1v) is 8.09. The van der Waals surface area contributed by atoms with Gasteiger partial charge in [-0.25, -0.2) is 0 Å². The van der Waals surface area contributed by atoms with Gasteiger partial charge in [0.05, 0.1) is 0 Å². The fraction of sp³-hybridized carbons (Fsp3) is 0.647. The fourth-order valence-electron chi connectivity index (χ4n) is 3.12. The van der Waals surface area contributed by atoms with Crippen LogP contribution in [0.4, 0.5) is 5.69 Å². The SMILES string of the molecule is Nc1ccccc1CCCN1CCN(CC2CC2)CC1. The van der Waals surface area contributed by atoms with Crippen molar-refractivity contribution in [2.45, 2.75) is 25.7 Å². The Morgan fingerprint density at radius 1 is 1.00 bits per heavy atom. The van der Waals surface area contributed by atoms with Gasteiger partial charge in [-0.15, -0.1) is 0 Å². The zero-order valence-corrected chi connectivity index (χ0v) is 12.4. The largest absolute Gasteiger partial charge is 0.399 e. The van der Waals surface area contributed by atoms with E-state index >= 15 is 0 Å². The molecule has 1 saturated carbocycles. The topological polar surface area (TPSA) is 32.5 Å². The lowest BCUT2D eigenvalue weighted by Crippen LogP contribution is -2.47. The van der Waals surface area contributed by atoms with E-state index in [2.05, 4.69) is 21.9 Å². The summed E-state index contributed by atoms with van der Waals surface area (Å²) in [7, 11) is 0. The predicted octanol–water partition coefficient (Wildman–Crippen LogP) is 2.23. The third kappa shape index (κ3) is 3.97. The number of nitrogen functional groups attached to an aromatic ring is 1. The van der Waals surface area contributed by atoms with Crippen LogP contribution in [0.25, 0.3) is 0 Å². The molecule has 2 aliphatic rings. The maximum atomic E-state index is 5.99. The zero-order chi connectivity index (χ0) is 13.8. The molecule has 0 unspecified atom stereocenters. The standard InChI is InChI=1S/C17H27N3/c18-17-6-2-1-4-16(17)5-3-9-19-10-12-20(13-11-19)14-15-7-8-15/h1-2,4,6,15H,3,5,7-14,18H2. The molecule has 110 valence electrons. The van der Waals surface area contributed by atoms with Gasteiger partial charge in [-0.1, -0.05) is 18.2 Å². The van der Waals surface area contributed by atoms with Crippen LogP contribution in [0.2, 0.25) is 0 Å². The first-order chi connectivity index (χ1) is 9.81. The van der Waals surface area contributed by atoms with E-state index in [1.165, 1.54) is 64.1 Å². The number of hydrogen-bond donors (Lipinski definition) is 1. The Morgan fingerprint density at radius 3 is 2.40 bits per heavy atom. The van der Waals surface area contributed by atoms with Gasteiger partial charge in [-0.2, -0.15) is 0 Å². The second-order valence-electron chi connectivity index (χ2n) is 6.39. The van der Waals surface area contributed by atoms with Gasteiger partial charge in [0, 0.05) is 38.4 Å². The summed E-state index contributed by atoms with van der Waals surface area (Å²) in [5.41, 5.74) is 8.24. The van der Waals surface area contributed by atoms with Gasteiger partial charge >= 0.3 is 0 Å². The van der Waals surface area contributed by atoms with Gasteiger partial charge in [0.1, 0.15) is 0 Å². The van der Waals surface area contributed by atoms with Gasteiger partial charge in [0.15, 0.2) is 0 Å². The lowest BCUT2D eigenvalue weighted by atomic mass is 10.1. The maximum Gasteiger partial charge on any atom is 0.0346 e. The first-order valence-electron chi connectivity index (χ1n) is 8.09. The normalized spacial score (nSPS) is 21.2. The highest BCUT2D eigenvalue weighted by Gasteiger charge is 2.26. The summed E-state index contributed by atoms with van der Waals surface area (Å²) in [4.78, 5) is 5.27.